The number of benzene rings is 2. The minimum Gasteiger partial charge on any atom is -0.470 e. The number of ether oxygens (including phenoxy) is 3. The first-order chi connectivity index (χ1) is 18.1. The minimum absolute atomic E-state index is 0.0283. The van der Waals surface area contributed by atoms with E-state index in [-0.39, 0.29) is 24.5 Å². The molecule has 11 heteroatoms. The first-order valence-corrected chi connectivity index (χ1v) is 14.3. The molecule has 2 aliphatic heterocycles. The molecule has 4 atom stereocenters. The van der Waals surface area contributed by atoms with Crippen LogP contribution in [0.15, 0.2) is 59.0 Å². The maximum absolute atomic E-state index is 15.2. The van der Waals surface area contributed by atoms with Crippen molar-refractivity contribution in [3.05, 3.63) is 66.2 Å². The Kier molecular flexibility index (Phi) is 6.18. The van der Waals surface area contributed by atoms with Crippen LogP contribution in [0.25, 0.3) is 33.4 Å². The Labute approximate surface area is 217 Å². The maximum atomic E-state index is 15.2. The second-order valence-electron chi connectivity index (χ2n) is 9.72. The van der Waals surface area contributed by atoms with Gasteiger partial charge in [-0.1, -0.05) is 18.2 Å². The molecule has 0 unspecified atom stereocenters. The monoisotopic (exact) mass is 541 g/mol. The van der Waals surface area contributed by atoms with Crippen LogP contribution in [0, 0.1) is 11.6 Å². The zero-order valence-corrected chi connectivity index (χ0v) is 21.4. The van der Waals surface area contributed by atoms with Crippen LogP contribution in [0.2, 0.25) is 0 Å². The van der Waals surface area contributed by atoms with Crippen LogP contribution < -0.4 is 4.74 Å². The second kappa shape index (κ2) is 9.42. The standard InChI is InChI=1S/C27H25F2N3O5S/c1-38(2,34)32-16-6-3-14(4-7-16)15-5-8-17(18(28)9-15)25-19(29)10-20-21(31-25)11-24(30-20)37-23-13-36-26-22(33)12-35-27(23)26/h3-11,22-23,26-27,30,33H,12-13H2,1-2H3/t22-,23-,26-,27-/m1/s1. The highest BCUT2D eigenvalue weighted by molar-refractivity contribution is 7.92. The second-order valence-corrected chi connectivity index (χ2v) is 12.3. The lowest BCUT2D eigenvalue weighted by molar-refractivity contribution is 0.00794. The van der Waals surface area contributed by atoms with Gasteiger partial charge < -0.3 is 24.3 Å². The summed E-state index contributed by atoms with van der Waals surface area (Å²) in [4.78, 5) is 7.34. The summed E-state index contributed by atoms with van der Waals surface area (Å²) in [6, 6.07) is 14.3. The number of aliphatic hydroxyl groups excluding tert-OH is 1. The molecule has 0 spiro atoms. The number of aliphatic hydroxyl groups is 1. The molecule has 8 nitrogen and oxygen atoms in total. The van der Waals surface area contributed by atoms with E-state index in [4.69, 9.17) is 14.2 Å². The van der Waals surface area contributed by atoms with Crippen molar-refractivity contribution in [3.8, 4) is 28.3 Å². The molecule has 4 aromatic rings. The fourth-order valence-corrected chi connectivity index (χ4v) is 5.45. The Morgan fingerprint density at radius 3 is 2.47 bits per heavy atom. The molecular weight excluding hydrogens is 516 g/mol. The topological polar surface area (TPSA) is 106 Å². The van der Waals surface area contributed by atoms with Crippen LogP contribution in [0.3, 0.4) is 0 Å². The molecule has 0 aliphatic carbocycles. The van der Waals surface area contributed by atoms with E-state index in [0.29, 0.717) is 28.2 Å². The van der Waals surface area contributed by atoms with Gasteiger partial charge >= 0.3 is 0 Å². The minimum atomic E-state index is -2.29. The van der Waals surface area contributed by atoms with Crippen molar-refractivity contribution in [2.75, 3.05) is 25.7 Å². The molecular formula is C27H25F2N3O5S. The maximum Gasteiger partial charge on any atom is 0.193 e. The molecule has 2 saturated heterocycles. The van der Waals surface area contributed by atoms with Crippen molar-refractivity contribution >= 4 is 26.4 Å². The normalized spacial score (nSPS) is 23.1. The van der Waals surface area contributed by atoms with Gasteiger partial charge in [-0.25, -0.2) is 18.0 Å². The largest absolute Gasteiger partial charge is 0.470 e. The zero-order chi connectivity index (χ0) is 26.6. The summed E-state index contributed by atoms with van der Waals surface area (Å²) in [5.41, 5.74) is 2.63. The number of aromatic nitrogens is 2. The van der Waals surface area contributed by atoms with Crippen molar-refractivity contribution < 1.29 is 32.3 Å². The van der Waals surface area contributed by atoms with Gasteiger partial charge in [0.15, 0.2) is 17.8 Å². The summed E-state index contributed by atoms with van der Waals surface area (Å²) in [7, 11) is -2.29. The number of hydrogen-bond donors (Lipinski definition) is 2. The van der Waals surface area contributed by atoms with Gasteiger partial charge in [-0.2, -0.15) is 4.36 Å². The number of nitrogens with zero attached hydrogens (tertiary/aromatic N) is 2. The third-order valence-electron chi connectivity index (χ3n) is 6.54. The van der Waals surface area contributed by atoms with E-state index in [0.717, 1.165) is 5.56 Å². The Morgan fingerprint density at radius 2 is 1.74 bits per heavy atom. The van der Waals surface area contributed by atoms with Crippen LogP contribution in [-0.2, 0) is 19.2 Å². The van der Waals surface area contributed by atoms with Gasteiger partial charge in [-0.05, 0) is 35.4 Å². The number of H-pyrrole nitrogens is 1. The van der Waals surface area contributed by atoms with Crippen LogP contribution in [0.4, 0.5) is 14.5 Å². The Balaban J connectivity index is 1.25. The Hall–Kier alpha value is -3.38. The average Bonchev–Trinajstić information content (AvgIpc) is 3.55. The average molecular weight is 542 g/mol. The first-order valence-electron chi connectivity index (χ1n) is 12.0. The highest BCUT2D eigenvalue weighted by Crippen LogP contribution is 2.33. The summed E-state index contributed by atoms with van der Waals surface area (Å²) in [5, 5.41) is 9.91. The van der Waals surface area contributed by atoms with Crippen LogP contribution in [0.1, 0.15) is 0 Å². The van der Waals surface area contributed by atoms with E-state index < -0.39 is 45.8 Å². The SMILES string of the molecule is CS(C)(=O)=Nc1ccc(-c2ccc(-c3nc4cc(O[C@@H]5CO[C@H]6[C@@H]5OC[C@H]6O)[nH]c4cc3F)c(F)c2)cc1. The molecule has 2 aromatic carbocycles. The summed E-state index contributed by atoms with van der Waals surface area (Å²) in [5.74, 6) is -0.959. The summed E-state index contributed by atoms with van der Waals surface area (Å²) in [6.07, 6.45) is 1.15. The number of hydrogen-bond acceptors (Lipinski definition) is 7. The van der Waals surface area contributed by atoms with Crippen molar-refractivity contribution in [2.45, 2.75) is 24.4 Å². The van der Waals surface area contributed by atoms with Crippen LogP contribution >= 0.6 is 0 Å². The number of aromatic amines is 1. The molecule has 0 saturated carbocycles. The van der Waals surface area contributed by atoms with Gasteiger partial charge in [0.2, 0.25) is 0 Å². The fourth-order valence-electron chi connectivity index (χ4n) is 4.82. The zero-order valence-electron chi connectivity index (χ0n) is 20.6. The molecule has 0 radical (unpaired) electrons. The van der Waals surface area contributed by atoms with E-state index in [1.54, 1.807) is 48.9 Å². The molecule has 38 heavy (non-hydrogen) atoms. The van der Waals surface area contributed by atoms with E-state index in [1.807, 2.05) is 0 Å². The van der Waals surface area contributed by atoms with Crippen molar-refractivity contribution in [3.63, 3.8) is 0 Å². The Bertz CT molecular complexity index is 1640. The number of halogens is 2. The summed E-state index contributed by atoms with van der Waals surface area (Å²) >= 11 is 0. The third-order valence-corrected chi connectivity index (χ3v) is 7.19. The van der Waals surface area contributed by atoms with Crippen LogP contribution in [-0.4, -0.2) is 69.4 Å². The number of fused-ring (bicyclic) bond motifs is 2. The molecule has 6 rings (SSSR count). The number of pyridine rings is 1. The fraction of sp³-hybridized carbons (Fsp3) is 0.296. The molecule has 198 valence electrons. The van der Waals surface area contributed by atoms with Crippen molar-refractivity contribution in [2.24, 2.45) is 4.36 Å². The molecule has 2 aromatic heterocycles. The number of nitrogens with one attached hydrogen (secondary N) is 1. The van der Waals surface area contributed by atoms with Gasteiger partial charge in [0, 0.05) is 39.9 Å². The van der Waals surface area contributed by atoms with Gasteiger partial charge in [-0.3, -0.25) is 0 Å². The quantitative estimate of drug-likeness (QED) is 0.387. The lowest BCUT2D eigenvalue weighted by atomic mass is 10.0. The highest BCUT2D eigenvalue weighted by Gasteiger charge is 2.48. The van der Waals surface area contributed by atoms with E-state index >= 15 is 8.78 Å². The smallest absolute Gasteiger partial charge is 0.193 e. The van der Waals surface area contributed by atoms with E-state index in [9.17, 15) is 9.32 Å². The predicted molar refractivity (Wildman–Crippen MR) is 139 cm³/mol. The third kappa shape index (κ3) is 4.78. The van der Waals surface area contributed by atoms with Gasteiger partial charge in [0.05, 0.1) is 29.9 Å². The van der Waals surface area contributed by atoms with Gasteiger partial charge in [-0.15, -0.1) is 0 Å². The molecule has 2 aliphatic rings. The molecule has 2 N–H and O–H groups in total. The van der Waals surface area contributed by atoms with Crippen molar-refractivity contribution in [1.29, 1.82) is 0 Å². The van der Waals surface area contributed by atoms with E-state index in [2.05, 4.69) is 14.3 Å². The lowest BCUT2D eigenvalue weighted by Gasteiger charge is -2.16. The first kappa shape index (κ1) is 24.9. The molecule has 2 fully saturated rings. The van der Waals surface area contributed by atoms with Crippen LogP contribution in [0.5, 0.6) is 5.88 Å². The lowest BCUT2D eigenvalue weighted by Crippen LogP contribution is -2.34. The molecule has 0 amide bonds. The van der Waals surface area contributed by atoms with Crippen molar-refractivity contribution in [1.82, 2.24) is 9.97 Å². The van der Waals surface area contributed by atoms with E-state index in [1.165, 1.54) is 18.2 Å². The Morgan fingerprint density at radius 1 is 1.00 bits per heavy atom. The predicted octanol–water partition coefficient (Wildman–Crippen LogP) is 4.44. The molecule has 0 bridgehead atoms. The number of rotatable bonds is 5. The van der Waals surface area contributed by atoms with Gasteiger partial charge in [0.1, 0.15) is 29.8 Å². The summed E-state index contributed by atoms with van der Waals surface area (Å²) in [6.45, 7) is 0.436. The highest BCUT2D eigenvalue weighted by atomic mass is 32.2. The molecule has 4 heterocycles. The summed E-state index contributed by atoms with van der Waals surface area (Å²) < 4.78 is 63.4. The van der Waals surface area contributed by atoms with Gasteiger partial charge in [0.25, 0.3) is 0 Å².